The molecule has 172 valence electrons. The van der Waals surface area contributed by atoms with Crippen LogP contribution in [0.3, 0.4) is 0 Å². The molecule has 33 heavy (non-hydrogen) atoms. The van der Waals surface area contributed by atoms with E-state index in [1.807, 2.05) is 30.5 Å². The van der Waals surface area contributed by atoms with Crippen LogP contribution < -0.4 is 4.74 Å². The number of hydrogen-bond acceptors (Lipinski definition) is 3. The van der Waals surface area contributed by atoms with Gasteiger partial charge in [0.2, 0.25) is 11.8 Å². The summed E-state index contributed by atoms with van der Waals surface area (Å²) in [6.07, 6.45) is -0.176. The zero-order valence-electron chi connectivity index (χ0n) is 17.6. The number of nitrogens with one attached hydrogen (secondary N) is 1. The molecule has 0 spiro atoms. The molecular formula is C24H22F3N3O3. The first-order valence-electron chi connectivity index (χ1n) is 10.4. The van der Waals surface area contributed by atoms with Gasteiger partial charge in [-0.3, -0.25) is 9.59 Å². The smallest absolute Gasteiger partial charge is 0.405 e. The van der Waals surface area contributed by atoms with Gasteiger partial charge in [0.05, 0.1) is 6.42 Å². The van der Waals surface area contributed by atoms with E-state index in [4.69, 9.17) is 0 Å². The number of nitrogens with zero attached hydrogens (tertiary/aromatic N) is 2. The summed E-state index contributed by atoms with van der Waals surface area (Å²) in [6, 6.07) is 13.4. The summed E-state index contributed by atoms with van der Waals surface area (Å²) in [4.78, 5) is 31.7. The van der Waals surface area contributed by atoms with Gasteiger partial charge in [-0.1, -0.05) is 36.4 Å². The summed E-state index contributed by atoms with van der Waals surface area (Å²) in [5.41, 5.74) is 2.05. The SMILES string of the molecule is O=C(C=Cc1ccccc1OC(F)(F)F)N1CCN(C(=O)Cc2c[nH]c3ccccc23)CC1. The number of carbonyl (C=O) groups excluding carboxylic acids is 2. The highest BCUT2D eigenvalue weighted by Gasteiger charge is 2.31. The fourth-order valence-corrected chi connectivity index (χ4v) is 3.83. The Bertz CT molecular complexity index is 1180. The average molecular weight is 457 g/mol. The number of para-hydroxylation sites is 2. The quantitative estimate of drug-likeness (QED) is 0.590. The number of hydrogen-bond donors (Lipinski definition) is 1. The van der Waals surface area contributed by atoms with Crippen LogP contribution in [0.5, 0.6) is 5.75 Å². The lowest BCUT2D eigenvalue weighted by atomic mass is 10.1. The average Bonchev–Trinajstić information content (AvgIpc) is 3.20. The van der Waals surface area contributed by atoms with E-state index < -0.39 is 6.36 Å². The number of rotatable bonds is 5. The maximum Gasteiger partial charge on any atom is 0.573 e. The highest BCUT2D eigenvalue weighted by Crippen LogP contribution is 2.27. The first kappa shape index (κ1) is 22.4. The van der Waals surface area contributed by atoms with Crippen molar-refractivity contribution in [2.24, 2.45) is 0 Å². The van der Waals surface area contributed by atoms with Crippen LogP contribution in [0.4, 0.5) is 13.2 Å². The normalized spacial score (nSPS) is 14.8. The van der Waals surface area contributed by atoms with Gasteiger partial charge in [0.1, 0.15) is 5.75 Å². The molecule has 0 unspecified atom stereocenters. The number of fused-ring (bicyclic) bond motifs is 1. The zero-order valence-corrected chi connectivity index (χ0v) is 17.6. The first-order valence-corrected chi connectivity index (χ1v) is 10.4. The van der Waals surface area contributed by atoms with E-state index in [0.717, 1.165) is 16.5 Å². The third-order valence-electron chi connectivity index (χ3n) is 5.51. The highest BCUT2D eigenvalue weighted by atomic mass is 19.4. The minimum Gasteiger partial charge on any atom is -0.405 e. The standard InChI is InChI=1S/C24H22F3N3O3/c25-24(26,27)33-21-8-4-1-5-17(21)9-10-22(31)29-11-13-30(14-12-29)23(32)15-18-16-28-20-7-3-2-6-19(18)20/h1-10,16,28H,11-15H2. The van der Waals surface area contributed by atoms with Gasteiger partial charge in [0.15, 0.2) is 0 Å². The summed E-state index contributed by atoms with van der Waals surface area (Å²) >= 11 is 0. The monoisotopic (exact) mass is 457 g/mol. The molecule has 1 saturated heterocycles. The minimum absolute atomic E-state index is 0.0133. The number of aromatic nitrogens is 1. The molecule has 0 saturated carbocycles. The summed E-state index contributed by atoms with van der Waals surface area (Å²) in [6.45, 7) is 1.50. The fourth-order valence-electron chi connectivity index (χ4n) is 3.83. The third-order valence-corrected chi connectivity index (χ3v) is 5.51. The van der Waals surface area contributed by atoms with Crippen molar-refractivity contribution < 1.29 is 27.5 Å². The molecule has 9 heteroatoms. The Morgan fingerprint density at radius 1 is 0.970 bits per heavy atom. The Balaban J connectivity index is 1.32. The molecule has 0 aliphatic carbocycles. The van der Waals surface area contributed by atoms with Gasteiger partial charge in [-0.05, 0) is 23.8 Å². The first-order chi connectivity index (χ1) is 15.8. The lowest BCUT2D eigenvalue weighted by Gasteiger charge is -2.34. The minimum atomic E-state index is -4.82. The molecule has 3 aromatic rings. The second kappa shape index (κ2) is 9.40. The van der Waals surface area contributed by atoms with Gasteiger partial charge in [0.25, 0.3) is 0 Å². The van der Waals surface area contributed by atoms with Crippen molar-refractivity contribution in [1.82, 2.24) is 14.8 Å². The Morgan fingerprint density at radius 3 is 2.39 bits per heavy atom. The molecular weight excluding hydrogens is 435 g/mol. The Kier molecular flexibility index (Phi) is 6.39. The van der Waals surface area contributed by atoms with Crippen LogP contribution in [0.15, 0.2) is 60.8 Å². The van der Waals surface area contributed by atoms with E-state index >= 15 is 0 Å². The van der Waals surface area contributed by atoms with Crippen LogP contribution in [0.1, 0.15) is 11.1 Å². The number of aromatic amines is 1. The van der Waals surface area contributed by atoms with E-state index in [1.54, 1.807) is 15.9 Å². The topological polar surface area (TPSA) is 65.6 Å². The summed E-state index contributed by atoms with van der Waals surface area (Å²) < 4.78 is 41.7. The Hall–Kier alpha value is -3.75. The molecule has 1 aliphatic heterocycles. The number of benzene rings is 2. The fraction of sp³-hybridized carbons (Fsp3) is 0.250. The molecule has 6 nitrogen and oxygen atoms in total. The van der Waals surface area contributed by atoms with Crippen LogP contribution in [0.25, 0.3) is 17.0 Å². The van der Waals surface area contributed by atoms with E-state index in [1.165, 1.54) is 30.4 Å². The van der Waals surface area contributed by atoms with Crippen LogP contribution in [-0.2, 0) is 16.0 Å². The van der Waals surface area contributed by atoms with Crippen molar-refractivity contribution in [3.8, 4) is 5.75 Å². The Labute approximate surface area is 188 Å². The Morgan fingerprint density at radius 2 is 1.64 bits per heavy atom. The second-order valence-electron chi connectivity index (χ2n) is 7.66. The number of carbonyl (C=O) groups is 2. The predicted molar refractivity (Wildman–Crippen MR) is 117 cm³/mol. The molecule has 0 bridgehead atoms. The van der Waals surface area contributed by atoms with Crippen molar-refractivity contribution >= 4 is 28.8 Å². The number of H-pyrrole nitrogens is 1. The van der Waals surface area contributed by atoms with Crippen LogP contribution in [0, 0.1) is 0 Å². The summed E-state index contributed by atoms with van der Waals surface area (Å²) in [7, 11) is 0. The molecule has 2 amide bonds. The van der Waals surface area contributed by atoms with Crippen molar-refractivity contribution in [2.75, 3.05) is 26.2 Å². The molecule has 0 atom stereocenters. The van der Waals surface area contributed by atoms with E-state index in [0.29, 0.717) is 26.2 Å². The molecule has 1 aliphatic rings. The van der Waals surface area contributed by atoms with Crippen molar-refractivity contribution in [1.29, 1.82) is 0 Å². The van der Waals surface area contributed by atoms with Crippen molar-refractivity contribution in [2.45, 2.75) is 12.8 Å². The van der Waals surface area contributed by atoms with Crippen molar-refractivity contribution in [3.63, 3.8) is 0 Å². The predicted octanol–water partition coefficient (Wildman–Crippen LogP) is 3.99. The molecule has 1 N–H and O–H groups in total. The number of piperazine rings is 1. The van der Waals surface area contributed by atoms with E-state index in [-0.39, 0.29) is 29.5 Å². The number of alkyl halides is 3. The maximum absolute atomic E-state index is 12.7. The molecule has 2 heterocycles. The highest BCUT2D eigenvalue weighted by molar-refractivity contribution is 5.92. The van der Waals surface area contributed by atoms with Crippen molar-refractivity contribution in [3.05, 3.63) is 71.9 Å². The van der Waals surface area contributed by atoms with Gasteiger partial charge in [-0.25, -0.2) is 0 Å². The molecule has 4 rings (SSSR count). The zero-order chi connectivity index (χ0) is 23.4. The molecule has 1 fully saturated rings. The lowest BCUT2D eigenvalue weighted by Crippen LogP contribution is -2.50. The van der Waals surface area contributed by atoms with Gasteiger partial charge in [-0.15, -0.1) is 13.2 Å². The summed E-state index contributed by atoms with van der Waals surface area (Å²) in [5.74, 6) is -0.720. The van der Waals surface area contributed by atoms with Crippen LogP contribution >= 0.6 is 0 Å². The molecule has 1 aromatic heterocycles. The summed E-state index contributed by atoms with van der Waals surface area (Å²) in [5, 5.41) is 1.01. The van der Waals surface area contributed by atoms with E-state index in [9.17, 15) is 22.8 Å². The second-order valence-corrected chi connectivity index (χ2v) is 7.66. The molecule has 2 aromatic carbocycles. The third kappa shape index (κ3) is 5.54. The number of ether oxygens (including phenoxy) is 1. The van der Waals surface area contributed by atoms with Gasteiger partial charge < -0.3 is 19.5 Å². The number of amides is 2. The molecule has 0 radical (unpaired) electrons. The van der Waals surface area contributed by atoms with Crippen LogP contribution in [-0.4, -0.2) is 59.1 Å². The van der Waals surface area contributed by atoms with E-state index in [2.05, 4.69) is 9.72 Å². The van der Waals surface area contributed by atoms with Crippen LogP contribution in [0.2, 0.25) is 0 Å². The van der Waals surface area contributed by atoms with Gasteiger partial charge in [-0.2, -0.15) is 0 Å². The van der Waals surface area contributed by atoms with Gasteiger partial charge >= 0.3 is 6.36 Å². The maximum atomic E-state index is 12.7. The number of halogens is 3. The lowest BCUT2D eigenvalue weighted by molar-refractivity contribution is -0.274. The van der Waals surface area contributed by atoms with Gasteiger partial charge in [0, 0.05) is 54.9 Å². The largest absolute Gasteiger partial charge is 0.573 e.